The number of carbonyl (C=O) groups is 1. The average Bonchev–Trinajstić information content (AvgIpc) is 2.40. The smallest absolute Gasteiger partial charge is 0.308 e. The summed E-state index contributed by atoms with van der Waals surface area (Å²) in [5.41, 5.74) is 0. The molecule has 2 fully saturated rings. The van der Waals surface area contributed by atoms with Crippen molar-refractivity contribution in [3.63, 3.8) is 0 Å². The molecule has 0 aromatic rings. The van der Waals surface area contributed by atoms with Gasteiger partial charge in [-0.2, -0.15) is 0 Å². The second kappa shape index (κ2) is 6.36. The Labute approximate surface area is 103 Å². The summed E-state index contributed by atoms with van der Waals surface area (Å²) in [6.07, 6.45) is 4.23. The first-order valence-corrected chi connectivity index (χ1v) is 6.79. The Kier molecular flexibility index (Phi) is 4.80. The van der Waals surface area contributed by atoms with Crippen LogP contribution in [0, 0.1) is 5.92 Å². The molecule has 1 heterocycles. The number of rotatable bonds is 3. The number of hydrogen-bond acceptors (Lipinski definition) is 4. The van der Waals surface area contributed by atoms with Crippen molar-refractivity contribution in [1.29, 1.82) is 0 Å². The molecular formula is C13H23NO3. The maximum atomic E-state index is 11.6. The van der Waals surface area contributed by atoms with Gasteiger partial charge in [-0.15, -0.1) is 0 Å². The minimum atomic E-state index is 0.00734. The Hall–Kier alpha value is -0.610. The molecule has 1 aliphatic carbocycles. The molecule has 0 bridgehead atoms. The first kappa shape index (κ1) is 12.8. The summed E-state index contributed by atoms with van der Waals surface area (Å²) in [6, 6.07) is 0.657. The monoisotopic (exact) mass is 241 g/mol. The zero-order valence-electron chi connectivity index (χ0n) is 10.7. The highest BCUT2D eigenvalue weighted by molar-refractivity contribution is 5.72. The zero-order chi connectivity index (χ0) is 12.1. The Balaban J connectivity index is 1.75. The molecule has 0 amide bonds. The first-order chi connectivity index (χ1) is 8.31. The van der Waals surface area contributed by atoms with E-state index in [-0.39, 0.29) is 11.9 Å². The van der Waals surface area contributed by atoms with Crippen molar-refractivity contribution in [2.75, 3.05) is 32.9 Å². The van der Waals surface area contributed by atoms with Gasteiger partial charge >= 0.3 is 5.97 Å². The van der Waals surface area contributed by atoms with Crippen molar-refractivity contribution in [3.05, 3.63) is 0 Å². The van der Waals surface area contributed by atoms with Crippen molar-refractivity contribution < 1.29 is 14.3 Å². The summed E-state index contributed by atoms with van der Waals surface area (Å²) < 4.78 is 10.5. The van der Waals surface area contributed by atoms with Gasteiger partial charge in [0.05, 0.1) is 25.7 Å². The Morgan fingerprint density at radius 2 is 1.88 bits per heavy atom. The number of carbonyl (C=O) groups excluding carboxylic acids is 1. The Morgan fingerprint density at radius 1 is 1.24 bits per heavy atom. The molecule has 0 aromatic heterocycles. The third-order valence-electron chi connectivity index (χ3n) is 3.88. The molecule has 4 nitrogen and oxygen atoms in total. The highest BCUT2D eigenvalue weighted by Gasteiger charge is 2.30. The molecule has 1 saturated carbocycles. The quantitative estimate of drug-likeness (QED) is 0.701. The molecule has 17 heavy (non-hydrogen) atoms. The van der Waals surface area contributed by atoms with Gasteiger partial charge in [-0.05, 0) is 32.6 Å². The molecule has 2 aliphatic rings. The van der Waals surface area contributed by atoms with Crippen molar-refractivity contribution in [3.8, 4) is 0 Å². The van der Waals surface area contributed by atoms with Crippen molar-refractivity contribution >= 4 is 5.97 Å². The molecule has 0 atom stereocenters. The second-order valence-corrected chi connectivity index (χ2v) is 4.91. The summed E-state index contributed by atoms with van der Waals surface area (Å²) in [5.74, 6) is 0.153. The number of ether oxygens (including phenoxy) is 2. The number of morpholine rings is 1. The van der Waals surface area contributed by atoms with Crippen LogP contribution in [0.2, 0.25) is 0 Å². The molecule has 0 radical (unpaired) electrons. The van der Waals surface area contributed by atoms with Crippen LogP contribution in [0.5, 0.6) is 0 Å². The van der Waals surface area contributed by atoms with E-state index >= 15 is 0 Å². The molecule has 1 saturated heterocycles. The maximum absolute atomic E-state index is 11.6. The number of nitrogens with zero attached hydrogens (tertiary/aromatic N) is 1. The van der Waals surface area contributed by atoms with E-state index in [1.807, 2.05) is 6.92 Å². The standard InChI is InChI=1S/C13H23NO3/c1-2-17-13(15)11-3-5-12(6-4-11)14-7-9-16-10-8-14/h11-12H,2-10H2,1H3. The van der Waals surface area contributed by atoms with E-state index in [9.17, 15) is 4.79 Å². The van der Waals surface area contributed by atoms with Crippen LogP contribution in [-0.4, -0.2) is 49.8 Å². The minimum Gasteiger partial charge on any atom is -0.466 e. The van der Waals surface area contributed by atoms with Crippen molar-refractivity contribution in [2.45, 2.75) is 38.6 Å². The van der Waals surface area contributed by atoms with Gasteiger partial charge in [-0.25, -0.2) is 0 Å². The van der Waals surface area contributed by atoms with Gasteiger partial charge in [0, 0.05) is 19.1 Å². The van der Waals surface area contributed by atoms with Crippen LogP contribution in [-0.2, 0) is 14.3 Å². The lowest BCUT2D eigenvalue weighted by Crippen LogP contribution is -2.45. The van der Waals surface area contributed by atoms with Gasteiger partial charge in [-0.3, -0.25) is 9.69 Å². The van der Waals surface area contributed by atoms with E-state index in [4.69, 9.17) is 9.47 Å². The van der Waals surface area contributed by atoms with Crippen LogP contribution < -0.4 is 0 Å². The van der Waals surface area contributed by atoms with Crippen LogP contribution in [0.15, 0.2) is 0 Å². The fraction of sp³-hybridized carbons (Fsp3) is 0.923. The van der Waals surface area contributed by atoms with Crippen LogP contribution in [0.3, 0.4) is 0 Å². The average molecular weight is 241 g/mol. The highest BCUT2D eigenvalue weighted by Crippen LogP contribution is 2.28. The third-order valence-corrected chi connectivity index (χ3v) is 3.88. The van der Waals surface area contributed by atoms with Gasteiger partial charge in [-0.1, -0.05) is 0 Å². The summed E-state index contributed by atoms with van der Waals surface area (Å²) in [4.78, 5) is 14.1. The molecule has 98 valence electrons. The van der Waals surface area contributed by atoms with E-state index < -0.39 is 0 Å². The molecule has 1 aliphatic heterocycles. The molecule has 4 heteroatoms. The van der Waals surface area contributed by atoms with Crippen LogP contribution in [0.4, 0.5) is 0 Å². The fourth-order valence-corrected chi connectivity index (χ4v) is 2.88. The van der Waals surface area contributed by atoms with E-state index in [0.717, 1.165) is 52.0 Å². The normalized spacial score (nSPS) is 31.1. The third kappa shape index (κ3) is 3.42. The van der Waals surface area contributed by atoms with Crippen LogP contribution in [0.1, 0.15) is 32.6 Å². The Bertz CT molecular complexity index is 243. The van der Waals surface area contributed by atoms with Gasteiger partial charge in [0.25, 0.3) is 0 Å². The lowest BCUT2D eigenvalue weighted by Gasteiger charge is -2.38. The van der Waals surface area contributed by atoms with Gasteiger partial charge in [0.2, 0.25) is 0 Å². The molecular weight excluding hydrogens is 218 g/mol. The van der Waals surface area contributed by atoms with Gasteiger partial charge in [0.1, 0.15) is 0 Å². The second-order valence-electron chi connectivity index (χ2n) is 4.91. The van der Waals surface area contributed by atoms with E-state index in [2.05, 4.69) is 4.90 Å². The maximum Gasteiger partial charge on any atom is 0.308 e. The van der Waals surface area contributed by atoms with Crippen molar-refractivity contribution in [2.24, 2.45) is 5.92 Å². The summed E-state index contributed by atoms with van der Waals surface area (Å²) in [7, 11) is 0. The van der Waals surface area contributed by atoms with Crippen LogP contribution >= 0.6 is 0 Å². The molecule has 0 aromatic carbocycles. The minimum absolute atomic E-state index is 0.00734. The van der Waals surface area contributed by atoms with Crippen LogP contribution in [0.25, 0.3) is 0 Å². The lowest BCUT2D eigenvalue weighted by molar-refractivity contribution is -0.149. The van der Waals surface area contributed by atoms with E-state index in [0.29, 0.717) is 12.6 Å². The lowest BCUT2D eigenvalue weighted by atomic mass is 9.85. The molecule has 0 unspecified atom stereocenters. The predicted molar refractivity (Wildman–Crippen MR) is 64.8 cm³/mol. The van der Waals surface area contributed by atoms with Gasteiger partial charge in [0.15, 0.2) is 0 Å². The summed E-state index contributed by atoms with van der Waals surface area (Å²) in [6.45, 7) is 6.19. The van der Waals surface area contributed by atoms with E-state index in [1.165, 1.54) is 0 Å². The fourth-order valence-electron chi connectivity index (χ4n) is 2.88. The SMILES string of the molecule is CCOC(=O)C1CCC(N2CCOCC2)CC1. The topological polar surface area (TPSA) is 38.8 Å². The predicted octanol–water partition coefficient (Wildman–Crippen LogP) is 1.44. The van der Waals surface area contributed by atoms with Gasteiger partial charge < -0.3 is 9.47 Å². The number of esters is 1. The van der Waals surface area contributed by atoms with Crippen molar-refractivity contribution in [1.82, 2.24) is 4.90 Å². The summed E-state index contributed by atoms with van der Waals surface area (Å²) in [5, 5.41) is 0. The summed E-state index contributed by atoms with van der Waals surface area (Å²) >= 11 is 0. The molecule has 0 spiro atoms. The largest absolute Gasteiger partial charge is 0.466 e. The molecule has 2 rings (SSSR count). The molecule has 0 N–H and O–H groups in total. The highest BCUT2D eigenvalue weighted by atomic mass is 16.5. The Morgan fingerprint density at radius 3 is 2.47 bits per heavy atom. The first-order valence-electron chi connectivity index (χ1n) is 6.79. The van der Waals surface area contributed by atoms with E-state index in [1.54, 1.807) is 0 Å². The number of hydrogen-bond donors (Lipinski definition) is 0. The zero-order valence-corrected chi connectivity index (χ0v) is 10.7.